The van der Waals surface area contributed by atoms with Gasteiger partial charge in [0.15, 0.2) is 23.4 Å². The molecule has 2 saturated carbocycles. The van der Waals surface area contributed by atoms with Crippen LogP contribution in [0, 0.1) is 5.92 Å². The number of hydrogen-bond acceptors (Lipinski definition) is 8. The fraction of sp³-hybridized carbons (Fsp3) is 0.920. The number of fused-ring (bicyclic) bond motifs is 3. The summed E-state index contributed by atoms with van der Waals surface area (Å²) in [6, 6.07) is 0. The number of ether oxygens (including phenoxy) is 6. The zero-order chi connectivity index (χ0) is 23.3. The van der Waals surface area contributed by atoms with Gasteiger partial charge in [0.25, 0.3) is 0 Å². The molecule has 3 saturated heterocycles. The first-order chi connectivity index (χ1) is 15.8. The van der Waals surface area contributed by atoms with Gasteiger partial charge in [-0.1, -0.05) is 26.7 Å². The molecule has 2 aliphatic carbocycles. The average Bonchev–Trinajstić information content (AvgIpc) is 3.35. The molecule has 3 heterocycles. The van der Waals surface area contributed by atoms with E-state index in [1.54, 1.807) is 13.1 Å². The standard InChI is InChI=1S/C25H39NO7/c1-16(2)23(3,22(27)28-4)26-15-17-18-19(31-24(30-18)11-7-5-8-12-24)20-21(29-17)33-25(32-20)13-9-6-10-14-25/h15-21H,5-14H2,1-4H3/t17-,18+,19+,20-,21-,23+/m1/s1. The van der Waals surface area contributed by atoms with Crippen LogP contribution in [0.25, 0.3) is 0 Å². The van der Waals surface area contributed by atoms with E-state index in [2.05, 4.69) is 0 Å². The molecule has 8 nitrogen and oxygen atoms in total. The molecule has 0 radical (unpaired) electrons. The van der Waals surface area contributed by atoms with Crippen LogP contribution < -0.4 is 0 Å². The van der Waals surface area contributed by atoms with E-state index in [4.69, 9.17) is 33.4 Å². The monoisotopic (exact) mass is 465 g/mol. The fourth-order valence-electron chi connectivity index (χ4n) is 5.98. The molecule has 5 fully saturated rings. The van der Waals surface area contributed by atoms with Crippen molar-refractivity contribution in [2.24, 2.45) is 10.9 Å². The number of rotatable bonds is 4. The molecule has 33 heavy (non-hydrogen) atoms. The summed E-state index contributed by atoms with van der Waals surface area (Å²) in [5.41, 5.74) is -1.01. The lowest BCUT2D eigenvalue weighted by atomic mass is 9.89. The van der Waals surface area contributed by atoms with Gasteiger partial charge in [0.05, 0.1) is 7.11 Å². The van der Waals surface area contributed by atoms with Gasteiger partial charge in [-0.2, -0.15) is 0 Å². The second-order valence-electron chi connectivity index (χ2n) is 10.8. The minimum absolute atomic E-state index is 0.0460. The van der Waals surface area contributed by atoms with Crippen molar-refractivity contribution in [3.63, 3.8) is 0 Å². The first-order valence-electron chi connectivity index (χ1n) is 12.8. The van der Waals surface area contributed by atoms with E-state index in [1.165, 1.54) is 20.0 Å². The van der Waals surface area contributed by atoms with Crippen molar-refractivity contribution in [2.75, 3.05) is 7.11 Å². The molecule has 2 spiro atoms. The third-order valence-corrected chi connectivity index (χ3v) is 8.36. The number of methoxy groups -OCH3 is 1. The van der Waals surface area contributed by atoms with Gasteiger partial charge in [-0.3, -0.25) is 4.99 Å². The predicted molar refractivity (Wildman–Crippen MR) is 120 cm³/mol. The summed E-state index contributed by atoms with van der Waals surface area (Å²) in [5.74, 6) is -1.59. The van der Waals surface area contributed by atoms with Crippen molar-refractivity contribution >= 4 is 12.2 Å². The van der Waals surface area contributed by atoms with Crippen molar-refractivity contribution < 1.29 is 33.2 Å². The van der Waals surface area contributed by atoms with E-state index in [1.807, 2.05) is 13.8 Å². The third kappa shape index (κ3) is 4.16. The molecular formula is C25H39NO7. The van der Waals surface area contributed by atoms with Crippen molar-refractivity contribution in [1.29, 1.82) is 0 Å². The van der Waals surface area contributed by atoms with Gasteiger partial charge >= 0.3 is 5.97 Å². The number of aliphatic imine (C=N–C) groups is 1. The summed E-state index contributed by atoms with van der Waals surface area (Å²) in [6.45, 7) is 5.72. The number of carbonyl (C=O) groups is 1. The van der Waals surface area contributed by atoms with Crippen molar-refractivity contribution in [3.8, 4) is 0 Å². The fourth-order valence-corrected chi connectivity index (χ4v) is 5.98. The summed E-state index contributed by atoms with van der Waals surface area (Å²) in [4.78, 5) is 17.2. The summed E-state index contributed by atoms with van der Waals surface area (Å²) >= 11 is 0. The highest BCUT2D eigenvalue weighted by Gasteiger charge is 2.63. The highest BCUT2D eigenvalue weighted by molar-refractivity contribution is 5.83. The zero-order valence-corrected chi connectivity index (χ0v) is 20.4. The Kier molecular flexibility index (Phi) is 6.36. The van der Waals surface area contributed by atoms with Crippen LogP contribution in [0.3, 0.4) is 0 Å². The molecular weight excluding hydrogens is 426 g/mol. The van der Waals surface area contributed by atoms with Crippen LogP contribution in [0.15, 0.2) is 4.99 Å². The lowest BCUT2D eigenvalue weighted by Gasteiger charge is -2.36. The summed E-state index contributed by atoms with van der Waals surface area (Å²) in [5, 5.41) is 0. The normalized spacial score (nSPS) is 39.0. The highest BCUT2D eigenvalue weighted by atomic mass is 16.9. The van der Waals surface area contributed by atoms with Crippen LogP contribution in [-0.4, -0.2) is 67.1 Å². The minimum Gasteiger partial charge on any atom is -0.467 e. The molecule has 5 rings (SSSR count). The van der Waals surface area contributed by atoms with Crippen molar-refractivity contribution in [3.05, 3.63) is 0 Å². The highest BCUT2D eigenvalue weighted by Crippen LogP contribution is 2.50. The Bertz CT molecular complexity index is 758. The van der Waals surface area contributed by atoms with Crippen LogP contribution in [0.1, 0.15) is 85.0 Å². The van der Waals surface area contributed by atoms with Gasteiger partial charge in [-0.25, -0.2) is 4.79 Å². The lowest BCUT2D eigenvalue weighted by molar-refractivity contribution is -0.240. The Balaban J connectivity index is 1.43. The molecule has 0 N–H and O–H groups in total. The molecule has 0 aromatic carbocycles. The van der Waals surface area contributed by atoms with Crippen LogP contribution in [-0.2, 0) is 33.2 Å². The Morgan fingerprint density at radius 2 is 1.45 bits per heavy atom. The molecule has 8 heteroatoms. The zero-order valence-electron chi connectivity index (χ0n) is 20.4. The maximum atomic E-state index is 12.5. The minimum atomic E-state index is -1.01. The van der Waals surface area contributed by atoms with Crippen LogP contribution in [0.5, 0.6) is 0 Å². The van der Waals surface area contributed by atoms with Gasteiger partial charge in [0.1, 0.15) is 24.4 Å². The van der Waals surface area contributed by atoms with E-state index in [-0.39, 0.29) is 30.2 Å². The Morgan fingerprint density at radius 1 is 0.909 bits per heavy atom. The van der Waals surface area contributed by atoms with E-state index in [9.17, 15) is 4.79 Å². The molecule has 0 amide bonds. The topological polar surface area (TPSA) is 84.8 Å². The maximum absolute atomic E-state index is 12.5. The predicted octanol–water partition coefficient (Wildman–Crippen LogP) is 3.89. The smallest absolute Gasteiger partial charge is 0.333 e. The quantitative estimate of drug-likeness (QED) is 0.460. The SMILES string of the molecule is COC(=O)[C@@](C)(N=C[C@H]1O[C@@H]2OC3(CCCCC3)O[C@@H]2[C@H]2OC3(CCCCC3)O[C@H]21)C(C)C. The Labute approximate surface area is 196 Å². The van der Waals surface area contributed by atoms with Crippen molar-refractivity contribution in [2.45, 2.75) is 133 Å². The summed E-state index contributed by atoms with van der Waals surface area (Å²) < 4.78 is 37.7. The van der Waals surface area contributed by atoms with Crippen LogP contribution >= 0.6 is 0 Å². The first-order valence-corrected chi connectivity index (χ1v) is 12.8. The lowest BCUT2D eigenvalue weighted by Crippen LogP contribution is -2.55. The van der Waals surface area contributed by atoms with Gasteiger partial charge in [0, 0.05) is 31.9 Å². The van der Waals surface area contributed by atoms with E-state index < -0.39 is 29.5 Å². The second kappa shape index (κ2) is 8.86. The van der Waals surface area contributed by atoms with Gasteiger partial charge in [0.2, 0.25) is 0 Å². The molecule has 186 valence electrons. The number of carbonyl (C=O) groups excluding carboxylic acids is 1. The molecule has 0 unspecified atom stereocenters. The van der Waals surface area contributed by atoms with E-state index >= 15 is 0 Å². The van der Waals surface area contributed by atoms with Gasteiger partial charge < -0.3 is 28.4 Å². The Hall–Kier alpha value is -1.06. The Morgan fingerprint density at radius 3 is 2.03 bits per heavy atom. The summed E-state index contributed by atoms with van der Waals surface area (Å²) in [6.07, 6.45) is 9.96. The van der Waals surface area contributed by atoms with Gasteiger partial charge in [-0.15, -0.1) is 0 Å². The third-order valence-electron chi connectivity index (χ3n) is 8.36. The number of nitrogens with zero attached hydrogens (tertiary/aromatic N) is 1. The number of esters is 1. The first kappa shape index (κ1) is 23.7. The summed E-state index contributed by atoms with van der Waals surface area (Å²) in [7, 11) is 1.39. The van der Waals surface area contributed by atoms with E-state index in [0.29, 0.717) is 0 Å². The molecule has 5 aliphatic rings. The molecule has 0 bridgehead atoms. The number of hydrogen-bond donors (Lipinski definition) is 0. The molecule has 6 atom stereocenters. The molecule has 3 aliphatic heterocycles. The van der Waals surface area contributed by atoms with Crippen LogP contribution in [0.2, 0.25) is 0 Å². The maximum Gasteiger partial charge on any atom is 0.333 e. The van der Waals surface area contributed by atoms with E-state index in [0.717, 1.165) is 51.4 Å². The van der Waals surface area contributed by atoms with Crippen LogP contribution in [0.4, 0.5) is 0 Å². The average molecular weight is 466 g/mol. The van der Waals surface area contributed by atoms with Gasteiger partial charge in [-0.05, 0) is 38.5 Å². The molecule has 0 aromatic rings. The molecule has 0 aromatic heterocycles. The second-order valence-corrected chi connectivity index (χ2v) is 10.8. The largest absolute Gasteiger partial charge is 0.467 e. The van der Waals surface area contributed by atoms with Crippen molar-refractivity contribution in [1.82, 2.24) is 0 Å².